The second kappa shape index (κ2) is 12.8. The third kappa shape index (κ3) is 6.99. The van der Waals surface area contributed by atoms with Crippen LogP contribution < -0.4 is 9.62 Å². The predicted molar refractivity (Wildman–Crippen MR) is 152 cm³/mol. The number of benzene rings is 3. The van der Waals surface area contributed by atoms with Crippen LogP contribution in [0.25, 0.3) is 0 Å². The third-order valence-corrected chi connectivity index (χ3v) is 8.70. The van der Waals surface area contributed by atoms with Crippen LogP contribution in [0.4, 0.5) is 5.69 Å². The number of carbonyl (C=O) groups excluding carboxylic acids is 2. The van der Waals surface area contributed by atoms with Gasteiger partial charge in [-0.05, 0) is 62.7 Å². The molecule has 3 aromatic rings. The fourth-order valence-electron chi connectivity index (χ4n) is 3.74. The minimum absolute atomic E-state index is 0.00336. The summed E-state index contributed by atoms with van der Waals surface area (Å²) in [6.45, 7) is 4.96. The van der Waals surface area contributed by atoms with Crippen LogP contribution in [-0.2, 0) is 26.2 Å². The normalized spacial score (nSPS) is 12.1. The van der Waals surface area contributed by atoms with Crippen molar-refractivity contribution in [3.05, 3.63) is 92.9 Å². The highest BCUT2D eigenvalue weighted by Gasteiger charge is 2.33. The van der Waals surface area contributed by atoms with Gasteiger partial charge in [-0.3, -0.25) is 13.9 Å². The van der Waals surface area contributed by atoms with E-state index in [1.165, 1.54) is 23.1 Å². The van der Waals surface area contributed by atoms with Gasteiger partial charge in [0.05, 0.1) is 25.7 Å². The summed E-state index contributed by atoms with van der Waals surface area (Å²) in [7, 11) is -4.20. The van der Waals surface area contributed by atoms with Crippen molar-refractivity contribution >= 4 is 62.3 Å². The maximum absolute atomic E-state index is 13.8. The topological polar surface area (TPSA) is 86.8 Å². The van der Waals surface area contributed by atoms with E-state index in [9.17, 15) is 18.0 Å². The summed E-state index contributed by atoms with van der Waals surface area (Å²) in [5, 5.41) is 3.51. The molecule has 0 radical (unpaired) electrons. The minimum Gasteiger partial charge on any atom is -0.355 e. The number of sulfonamides is 1. The number of hydrogen-bond donors (Lipinski definition) is 1. The van der Waals surface area contributed by atoms with Gasteiger partial charge in [0, 0.05) is 13.1 Å². The van der Waals surface area contributed by atoms with Crippen molar-refractivity contribution in [2.45, 2.75) is 38.3 Å². The molecule has 11 heteroatoms. The number of rotatable bonds is 10. The van der Waals surface area contributed by atoms with Crippen molar-refractivity contribution in [1.82, 2.24) is 10.2 Å². The molecule has 0 aliphatic rings. The smallest absolute Gasteiger partial charge is 0.264 e. The molecular formula is C27H28Cl3N3O4S. The Balaban J connectivity index is 2.05. The Morgan fingerprint density at radius 2 is 1.58 bits per heavy atom. The predicted octanol–water partition coefficient (Wildman–Crippen LogP) is 5.70. The molecule has 0 heterocycles. The standard InChI is InChI=1S/C27H28Cl3N3O4S/c1-4-31-27(35)19(3)32(16-20-11-14-22(28)24(30)15-20)26(34)17-33(25-8-6-5-7-23(25)29)38(36,37)21-12-9-18(2)10-13-21/h5-15,19H,4,16-17H2,1-3H3,(H,31,35)/t19-/m0/s1. The molecule has 0 aliphatic heterocycles. The first-order chi connectivity index (χ1) is 17.9. The Morgan fingerprint density at radius 3 is 2.18 bits per heavy atom. The van der Waals surface area contributed by atoms with Crippen molar-refractivity contribution < 1.29 is 18.0 Å². The summed E-state index contributed by atoms with van der Waals surface area (Å²) >= 11 is 18.6. The van der Waals surface area contributed by atoms with Gasteiger partial charge in [-0.1, -0.05) is 70.7 Å². The molecule has 1 N–H and O–H groups in total. The van der Waals surface area contributed by atoms with Crippen LogP contribution in [-0.4, -0.2) is 44.3 Å². The lowest BCUT2D eigenvalue weighted by atomic mass is 10.1. The highest BCUT2D eigenvalue weighted by molar-refractivity contribution is 7.92. The quantitative estimate of drug-likeness (QED) is 0.325. The van der Waals surface area contributed by atoms with Gasteiger partial charge >= 0.3 is 0 Å². The maximum atomic E-state index is 13.8. The number of hydrogen-bond acceptors (Lipinski definition) is 4. The number of amides is 2. The molecule has 3 aromatic carbocycles. The molecule has 1 atom stereocenters. The van der Waals surface area contributed by atoms with E-state index < -0.39 is 28.5 Å². The van der Waals surface area contributed by atoms with Gasteiger partial charge in [0.1, 0.15) is 12.6 Å². The molecule has 3 rings (SSSR count). The van der Waals surface area contributed by atoms with Crippen molar-refractivity contribution in [1.29, 1.82) is 0 Å². The highest BCUT2D eigenvalue weighted by Crippen LogP contribution is 2.31. The third-order valence-electron chi connectivity index (χ3n) is 5.86. The first-order valence-electron chi connectivity index (χ1n) is 11.8. The maximum Gasteiger partial charge on any atom is 0.264 e. The number of halogens is 3. The average Bonchev–Trinajstić information content (AvgIpc) is 2.88. The SMILES string of the molecule is CCNC(=O)[C@H](C)N(Cc1ccc(Cl)c(Cl)c1)C(=O)CN(c1ccccc1Cl)S(=O)(=O)c1ccc(C)cc1. The number of anilines is 1. The Kier molecular flexibility index (Phi) is 10.1. The molecule has 0 aliphatic carbocycles. The monoisotopic (exact) mass is 595 g/mol. The molecule has 0 saturated heterocycles. The summed E-state index contributed by atoms with van der Waals surface area (Å²) in [5.74, 6) is -0.989. The van der Waals surface area contributed by atoms with Gasteiger partial charge in [0.15, 0.2) is 0 Å². The first-order valence-corrected chi connectivity index (χ1v) is 14.4. The van der Waals surface area contributed by atoms with Crippen LogP contribution in [0.1, 0.15) is 25.0 Å². The zero-order valence-corrected chi connectivity index (χ0v) is 24.2. The number of aryl methyl sites for hydroxylation is 1. The lowest BCUT2D eigenvalue weighted by Gasteiger charge is -2.32. The van der Waals surface area contributed by atoms with Gasteiger partial charge in [-0.25, -0.2) is 8.42 Å². The lowest BCUT2D eigenvalue weighted by Crippen LogP contribution is -2.51. The van der Waals surface area contributed by atoms with Crippen LogP contribution in [0.2, 0.25) is 15.1 Å². The second-order valence-electron chi connectivity index (χ2n) is 8.62. The number of likely N-dealkylation sites (N-methyl/N-ethyl adjacent to an activating group) is 1. The molecule has 0 bridgehead atoms. The molecule has 0 fully saturated rings. The molecule has 38 heavy (non-hydrogen) atoms. The van der Waals surface area contributed by atoms with E-state index in [2.05, 4.69) is 5.32 Å². The zero-order chi connectivity index (χ0) is 28.0. The van der Waals surface area contributed by atoms with Crippen LogP contribution in [0, 0.1) is 6.92 Å². The van der Waals surface area contributed by atoms with E-state index in [-0.39, 0.29) is 28.1 Å². The largest absolute Gasteiger partial charge is 0.355 e. The van der Waals surface area contributed by atoms with Gasteiger partial charge in [0.2, 0.25) is 11.8 Å². The van der Waals surface area contributed by atoms with Gasteiger partial charge in [-0.15, -0.1) is 0 Å². The molecule has 0 spiro atoms. The second-order valence-corrected chi connectivity index (χ2v) is 11.7. The van der Waals surface area contributed by atoms with Gasteiger partial charge in [-0.2, -0.15) is 0 Å². The van der Waals surface area contributed by atoms with Crippen molar-refractivity contribution in [2.24, 2.45) is 0 Å². The van der Waals surface area contributed by atoms with E-state index >= 15 is 0 Å². The molecule has 0 aromatic heterocycles. The lowest BCUT2D eigenvalue weighted by molar-refractivity contribution is -0.139. The summed E-state index contributed by atoms with van der Waals surface area (Å²) in [6.07, 6.45) is 0. The van der Waals surface area contributed by atoms with Crippen LogP contribution in [0.15, 0.2) is 71.6 Å². The minimum atomic E-state index is -4.20. The van der Waals surface area contributed by atoms with Crippen molar-refractivity contribution in [3.63, 3.8) is 0 Å². The molecule has 0 saturated carbocycles. The Morgan fingerprint density at radius 1 is 0.921 bits per heavy atom. The fourth-order valence-corrected chi connectivity index (χ4v) is 5.79. The van der Waals surface area contributed by atoms with E-state index in [1.54, 1.807) is 62.4 Å². The number of nitrogens with zero attached hydrogens (tertiary/aromatic N) is 2. The Bertz CT molecular complexity index is 1420. The van der Waals surface area contributed by atoms with E-state index in [0.29, 0.717) is 22.2 Å². The van der Waals surface area contributed by atoms with E-state index in [0.717, 1.165) is 9.87 Å². The molecule has 7 nitrogen and oxygen atoms in total. The van der Waals surface area contributed by atoms with E-state index in [1.807, 2.05) is 6.92 Å². The summed E-state index contributed by atoms with van der Waals surface area (Å²) < 4.78 is 28.5. The fraction of sp³-hybridized carbons (Fsp3) is 0.259. The van der Waals surface area contributed by atoms with Crippen LogP contribution in [0.3, 0.4) is 0 Å². The summed E-state index contributed by atoms with van der Waals surface area (Å²) in [6, 6.07) is 16.6. The Labute approximate surface area is 238 Å². The molecule has 0 unspecified atom stereocenters. The highest BCUT2D eigenvalue weighted by atomic mass is 35.5. The van der Waals surface area contributed by atoms with Crippen molar-refractivity contribution in [2.75, 3.05) is 17.4 Å². The Hall–Kier alpha value is -2.78. The van der Waals surface area contributed by atoms with Crippen LogP contribution >= 0.6 is 34.8 Å². The number of nitrogens with one attached hydrogen (secondary N) is 1. The number of para-hydroxylation sites is 1. The van der Waals surface area contributed by atoms with Gasteiger partial charge in [0.25, 0.3) is 10.0 Å². The summed E-state index contributed by atoms with van der Waals surface area (Å²) in [5.41, 5.74) is 1.64. The first kappa shape index (κ1) is 29.8. The zero-order valence-electron chi connectivity index (χ0n) is 21.1. The number of carbonyl (C=O) groups is 2. The molecular weight excluding hydrogens is 569 g/mol. The van der Waals surface area contributed by atoms with Gasteiger partial charge < -0.3 is 10.2 Å². The van der Waals surface area contributed by atoms with Crippen molar-refractivity contribution in [3.8, 4) is 0 Å². The van der Waals surface area contributed by atoms with Crippen LogP contribution in [0.5, 0.6) is 0 Å². The van der Waals surface area contributed by atoms with E-state index in [4.69, 9.17) is 34.8 Å². The molecule has 2 amide bonds. The average molecular weight is 597 g/mol. The summed E-state index contributed by atoms with van der Waals surface area (Å²) in [4.78, 5) is 27.9. The molecule has 202 valence electrons.